The van der Waals surface area contributed by atoms with Gasteiger partial charge in [-0.25, -0.2) is 4.79 Å². The van der Waals surface area contributed by atoms with Crippen molar-refractivity contribution in [2.45, 2.75) is 38.8 Å². The van der Waals surface area contributed by atoms with Crippen LogP contribution in [0.25, 0.3) is 0 Å². The van der Waals surface area contributed by atoms with Gasteiger partial charge in [0.2, 0.25) is 5.91 Å². The molecule has 0 aliphatic rings. The van der Waals surface area contributed by atoms with Crippen LogP contribution in [0.4, 0.5) is 0 Å². The number of amides is 2. The molecule has 0 radical (unpaired) electrons. The summed E-state index contributed by atoms with van der Waals surface area (Å²) in [7, 11) is 0. The predicted molar refractivity (Wildman–Crippen MR) is 84.3 cm³/mol. The molecule has 3 N–H and O–H groups in total. The Kier molecular flexibility index (Phi) is 7.61. The van der Waals surface area contributed by atoms with Crippen LogP contribution in [0, 0.1) is 0 Å². The van der Waals surface area contributed by atoms with Crippen LogP contribution in [0.2, 0.25) is 0 Å². The molecule has 0 spiro atoms. The Morgan fingerprint density at radius 3 is 2.26 bits per heavy atom. The van der Waals surface area contributed by atoms with Crippen LogP contribution in [0.5, 0.6) is 0 Å². The smallest absolute Gasteiger partial charge is 0.336 e. The van der Waals surface area contributed by atoms with E-state index in [1.54, 1.807) is 20.8 Å². The molecule has 0 heterocycles. The quantitative estimate of drug-likeness (QED) is 0.265. The maximum Gasteiger partial charge on any atom is 0.336 e. The molecule has 0 saturated carbocycles. The van der Waals surface area contributed by atoms with Crippen molar-refractivity contribution in [3.8, 4) is 0 Å². The van der Waals surface area contributed by atoms with Crippen LogP contribution >= 0.6 is 0 Å². The average molecular weight is 327 g/mol. The highest BCUT2D eigenvalue weighted by Crippen LogP contribution is 2.15. The Bertz CT molecular complexity index is 480. The van der Waals surface area contributed by atoms with Gasteiger partial charge >= 0.3 is 5.97 Å². The molecule has 0 fully saturated rings. The number of carbonyl (C=O) groups excluding carboxylic acids is 4. The Balaban J connectivity index is 5.12. The van der Waals surface area contributed by atoms with E-state index in [1.807, 2.05) is 0 Å². The molecule has 130 valence electrons. The summed E-state index contributed by atoms with van der Waals surface area (Å²) in [5, 5.41) is 2.30. The summed E-state index contributed by atoms with van der Waals surface area (Å²) in [6.07, 6.45) is 1.92. The van der Waals surface area contributed by atoms with E-state index < -0.39 is 28.9 Å². The van der Waals surface area contributed by atoms with Gasteiger partial charge in [-0.15, -0.1) is 6.58 Å². The zero-order valence-corrected chi connectivity index (χ0v) is 14.0. The molecule has 0 rings (SSSR count). The van der Waals surface area contributed by atoms with Crippen molar-refractivity contribution < 1.29 is 23.9 Å². The van der Waals surface area contributed by atoms with Gasteiger partial charge in [0.05, 0.1) is 13.1 Å². The van der Waals surface area contributed by atoms with Crippen molar-refractivity contribution in [1.82, 2.24) is 10.2 Å². The molecule has 1 atom stereocenters. The topological polar surface area (TPSA) is 119 Å². The lowest BCUT2D eigenvalue weighted by atomic mass is 10.0. The maximum atomic E-state index is 12.5. The fourth-order valence-electron chi connectivity index (χ4n) is 1.56. The highest BCUT2D eigenvalue weighted by atomic mass is 16.6. The minimum atomic E-state index is -1.94. The van der Waals surface area contributed by atoms with Gasteiger partial charge in [-0.1, -0.05) is 6.08 Å². The first-order valence-corrected chi connectivity index (χ1v) is 7.08. The number of esters is 1. The third-order valence-corrected chi connectivity index (χ3v) is 2.62. The molecule has 23 heavy (non-hydrogen) atoms. The predicted octanol–water partition coefficient (Wildman–Crippen LogP) is -0.625. The van der Waals surface area contributed by atoms with Crippen LogP contribution in [-0.2, 0) is 23.9 Å². The van der Waals surface area contributed by atoms with E-state index >= 15 is 0 Å². The van der Waals surface area contributed by atoms with E-state index in [-0.39, 0.29) is 19.6 Å². The molecule has 0 aliphatic heterocycles. The maximum absolute atomic E-state index is 12.5. The highest BCUT2D eigenvalue weighted by molar-refractivity contribution is 6.07. The summed E-state index contributed by atoms with van der Waals surface area (Å²) in [6, 6.07) is 0. The molecule has 0 unspecified atom stereocenters. The van der Waals surface area contributed by atoms with E-state index in [2.05, 4.69) is 11.9 Å². The van der Waals surface area contributed by atoms with Gasteiger partial charge < -0.3 is 25.5 Å². The van der Waals surface area contributed by atoms with E-state index in [0.717, 1.165) is 4.90 Å². The molecule has 2 amide bonds. The number of hydrogen-bond donors (Lipinski definition) is 2. The molecule has 0 aromatic rings. The minimum absolute atomic E-state index is 0.0168. The molecule has 8 nitrogen and oxygen atoms in total. The monoisotopic (exact) mass is 327 g/mol. The van der Waals surface area contributed by atoms with Crippen LogP contribution in [0.1, 0.15) is 27.7 Å². The second-order valence-electron chi connectivity index (χ2n) is 6.15. The molecule has 0 aromatic heterocycles. The van der Waals surface area contributed by atoms with E-state index in [9.17, 15) is 19.2 Å². The van der Waals surface area contributed by atoms with Crippen molar-refractivity contribution in [3.63, 3.8) is 0 Å². The molecule has 0 aliphatic carbocycles. The normalized spacial score (nSPS) is 13.4. The number of nitrogens with one attached hydrogen (secondary N) is 1. The Morgan fingerprint density at radius 2 is 1.83 bits per heavy atom. The van der Waals surface area contributed by atoms with E-state index in [4.69, 9.17) is 10.5 Å². The molecule has 8 heteroatoms. The zero-order valence-electron chi connectivity index (χ0n) is 14.0. The van der Waals surface area contributed by atoms with Gasteiger partial charge in [-0.3, -0.25) is 9.59 Å². The molecule has 0 aromatic carbocycles. The van der Waals surface area contributed by atoms with Gasteiger partial charge in [0, 0.05) is 6.54 Å². The Labute approximate surface area is 136 Å². The zero-order chi connectivity index (χ0) is 18.3. The first-order chi connectivity index (χ1) is 10.5. The average Bonchev–Trinajstić information content (AvgIpc) is 2.41. The lowest BCUT2D eigenvalue weighted by Gasteiger charge is -2.31. The highest BCUT2D eigenvalue weighted by Gasteiger charge is 2.43. The fourth-order valence-corrected chi connectivity index (χ4v) is 1.56. The number of carbonyl (C=O) groups is 4. The van der Waals surface area contributed by atoms with Gasteiger partial charge in [-0.2, -0.15) is 0 Å². The van der Waals surface area contributed by atoms with Crippen molar-refractivity contribution in [2.24, 2.45) is 5.73 Å². The van der Waals surface area contributed by atoms with Gasteiger partial charge in [0.1, 0.15) is 11.9 Å². The SMILES string of the molecule is C=CCN(CC(=O)NCC=O)C(=O)[C@](C)(N)C(=O)OC(C)(C)C. The summed E-state index contributed by atoms with van der Waals surface area (Å²) < 4.78 is 5.14. The number of ether oxygens (including phenoxy) is 1. The van der Waals surface area contributed by atoms with Gasteiger partial charge in [-0.05, 0) is 27.7 Å². The summed E-state index contributed by atoms with van der Waals surface area (Å²) in [5.41, 5.74) is 3.08. The third-order valence-electron chi connectivity index (χ3n) is 2.62. The van der Waals surface area contributed by atoms with Crippen molar-refractivity contribution in [2.75, 3.05) is 19.6 Å². The molecule has 0 bridgehead atoms. The van der Waals surface area contributed by atoms with Crippen LogP contribution < -0.4 is 11.1 Å². The first kappa shape index (κ1) is 20.8. The Morgan fingerprint density at radius 1 is 1.26 bits per heavy atom. The number of nitrogens with two attached hydrogens (primary N) is 1. The number of rotatable bonds is 8. The van der Waals surface area contributed by atoms with E-state index in [0.29, 0.717) is 6.29 Å². The largest absolute Gasteiger partial charge is 0.458 e. The molecular weight excluding hydrogens is 302 g/mol. The minimum Gasteiger partial charge on any atom is -0.458 e. The van der Waals surface area contributed by atoms with Crippen molar-refractivity contribution in [1.29, 1.82) is 0 Å². The van der Waals surface area contributed by atoms with E-state index in [1.165, 1.54) is 13.0 Å². The second kappa shape index (κ2) is 8.42. The summed E-state index contributed by atoms with van der Waals surface area (Å²) in [6.45, 7) is 9.18. The summed E-state index contributed by atoms with van der Waals surface area (Å²) in [4.78, 5) is 47.6. The van der Waals surface area contributed by atoms with Crippen LogP contribution in [0.3, 0.4) is 0 Å². The molecular formula is C15H25N3O5. The van der Waals surface area contributed by atoms with Crippen molar-refractivity contribution >= 4 is 24.1 Å². The lowest BCUT2D eigenvalue weighted by molar-refractivity contribution is -0.166. The fraction of sp³-hybridized carbons (Fsp3) is 0.600. The second-order valence-corrected chi connectivity index (χ2v) is 6.15. The number of nitrogens with zero attached hydrogens (tertiary/aromatic N) is 1. The first-order valence-electron chi connectivity index (χ1n) is 7.08. The Hall–Kier alpha value is -2.22. The van der Waals surface area contributed by atoms with Gasteiger partial charge in [0.15, 0.2) is 5.54 Å². The summed E-state index contributed by atoms with van der Waals surface area (Å²) >= 11 is 0. The third kappa shape index (κ3) is 7.05. The van der Waals surface area contributed by atoms with Crippen molar-refractivity contribution in [3.05, 3.63) is 12.7 Å². The van der Waals surface area contributed by atoms with Crippen LogP contribution in [0.15, 0.2) is 12.7 Å². The number of aldehydes is 1. The van der Waals surface area contributed by atoms with Crippen LogP contribution in [-0.4, -0.2) is 59.7 Å². The molecule has 0 saturated heterocycles. The summed E-state index contributed by atoms with van der Waals surface area (Å²) in [5.74, 6) is -2.21. The van der Waals surface area contributed by atoms with Gasteiger partial charge in [0.25, 0.3) is 5.91 Å². The lowest BCUT2D eigenvalue weighted by Crippen LogP contribution is -2.61. The standard InChI is InChI=1S/C15H25N3O5/c1-6-8-18(10-11(20)17-7-9-19)12(21)15(5,16)13(22)23-14(2,3)4/h6,9H,1,7-8,10,16H2,2-5H3,(H,17,20)/t15-/m0/s1. The number of hydrogen-bond acceptors (Lipinski definition) is 6.